The van der Waals surface area contributed by atoms with Crippen molar-refractivity contribution < 1.29 is 9.53 Å². The Morgan fingerprint density at radius 1 is 1.15 bits per heavy atom. The van der Waals surface area contributed by atoms with Crippen LogP contribution in [-0.4, -0.2) is 28.7 Å². The summed E-state index contributed by atoms with van der Waals surface area (Å²) in [4.78, 5) is 31.0. The van der Waals surface area contributed by atoms with Crippen LogP contribution in [-0.2, 0) is 4.79 Å². The third-order valence-electron chi connectivity index (χ3n) is 3.50. The molecule has 0 radical (unpaired) electrons. The lowest BCUT2D eigenvalue weighted by Crippen LogP contribution is -2.15. The number of carbonyl (C=O) groups is 1. The minimum absolute atomic E-state index is 0.143. The Morgan fingerprint density at radius 2 is 1.88 bits per heavy atom. The molecule has 0 saturated heterocycles. The number of thioether (sulfide) groups is 1. The molecular formula is C19H17N3O3S. The Labute approximate surface area is 154 Å². The summed E-state index contributed by atoms with van der Waals surface area (Å²) in [7, 11) is 1.59. The van der Waals surface area contributed by atoms with Crippen molar-refractivity contribution in [3.63, 3.8) is 0 Å². The number of para-hydroxylation sites is 1. The second-order valence-corrected chi connectivity index (χ2v) is 6.33. The van der Waals surface area contributed by atoms with Gasteiger partial charge in [-0.25, -0.2) is 4.98 Å². The number of amides is 1. The number of aromatic nitrogens is 2. The lowest BCUT2D eigenvalue weighted by molar-refractivity contribution is -0.113. The topological polar surface area (TPSA) is 84.1 Å². The summed E-state index contributed by atoms with van der Waals surface area (Å²) in [5, 5.41) is 3.19. The Morgan fingerprint density at radius 3 is 2.58 bits per heavy atom. The van der Waals surface area contributed by atoms with Crippen LogP contribution in [0.1, 0.15) is 0 Å². The maximum atomic E-state index is 12.0. The lowest BCUT2D eigenvalue weighted by Gasteiger charge is -2.06. The number of hydrogen-bond acceptors (Lipinski definition) is 5. The van der Waals surface area contributed by atoms with E-state index in [1.54, 1.807) is 19.2 Å². The van der Waals surface area contributed by atoms with Crippen molar-refractivity contribution in [1.82, 2.24) is 9.97 Å². The van der Waals surface area contributed by atoms with Gasteiger partial charge in [-0.15, -0.1) is 0 Å². The van der Waals surface area contributed by atoms with Gasteiger partial charge in [-0.1, -0.05) is 30.0 Å². The first-order valence-corrected chi connectivity index (χ1v) is 8.86. The standard InChI is InChI=1S/C19H17N3O3S/c1-25-15-9-7-13(8-10-15)16-11-17(23)22-19(21-16)26-12-18(24)20-14-5-3-2-4-6-14/h2-11H,12H2,1H3,(H,20,24)(H,21,22,23). The van der Waals surface area contributed by atoms with Crippen molar-refractivity contribution in [3.05, 3.63) is 71.0 Å². The predicted octanol–water partition coefficient (Wildman–Crippen LogP) is 3.18. The van der Waals surface area contributed by atoms with Crippen molar-refractivity contribution in [3.8, 4) is 17.0 Å². The number of hydrogen-bond donors (Lipinski definition) is 2. The van der Waals surface area contributed by atoms with Crippen LogP contribution in [0.25, 0.3) is 11.3 Å². The number of benzene rings is 2. The largest absolute Gasteiger partial charge is 0.497 e. The smallest absolute Gasteiger partial charge is 0.252 e. The molecule has 2 N–H and O–H groups in total. The molecule has 0 spiro atoms. The molecule has 132 valence electrons. The van der Waals surface area contributed by atoms with Crippen LogP contribution in [0.3, 0.4) is 0 Å². The number of rotatable bonds is 6. The summed E-state index contributed by atoms with van der Waals surface area (Å²) in [6.45, 7) is 0. The van der Waals surface area contributed by atoms with E-state index in [9.17, 15) is 9.59 Å². The molecule has 0 aliphatic carbocycles. The molecule has 0 bridgehead atoms. The highest BCUT2D eigenvalue weighted by Gasteiger charge is 2.08. The van der Waals surface area contributed by atoms with E-state index >= 15 is 0 Å². The highest BCUT2D eigenvalue weighted by Crippen LogP contribution is 2.21. The fourth-order valence-electron chi connectivity index (χ4n) is 2.27. The Kier molecular flexibility index (Phi) is 5.70. The Bertz CT molecular complexity index is 940. The van der Waals surface area contributed by atoms with E-state index in [1.165, 1.54) is 17.8 Å². The number of aromatic amines is 1. The first-order valence-electron chi connectivity index (χ1n) is 7.87. The second kappa shape index (κ2) is 8.35. The number of carbonyl (C=O) groups excluding carboxylic acids is 1. The van der Waals surface area contributed by atoms with Gasteiger partial charge in [-0.3, -0.25) is 9.59 Å². The van der Waals surface area contributed by atoms with E-state index in [0.717, 1.165) is 17.0 Å². The molecule has 0 aliphatic heterocycles. The van der Waals surface area contributed by atoms with Crippen LogP contribution < -0.4 is 15.6 Å². The number of nitrogens with zero attached hydrogens (tertiary/aromatic N) is 1. The summed E-state index contributed by atoms with van der Waals surface area (Å²) >= 11 is 1.18. The SMILES string of the molecule is COc1ccc(-c2cc(=O)[nH]c(SCC(=O)Nc3ccccc3)n2)cc1. The number of ether oxygens (including phenoxy) is 1. The molecule has 0 unspecified atom stereocenters. The van der Waals surface area contributed by atoms with Crippen LogP contribution in [0.15, 0.2) is 70.6 Å². The summed E-state index contributed by atoms with van der Waals surface area (Å²) < 4.78 is 5.13. The molecule has 0 fully saturated rings. The van der Waals surface area contributed by atoms with Crippen molar-refractivity contribution in [2.24, 2.45) is 0 Å². The fraction of sp³-hybridized carbons (Fsp3) is 0.105. The van der Waals surface area contributed by atoms with Gasteiger partial charge in [-0.2, -0.15) is 0 Å². The Balaban J connectivity index is 1.69. The third-order valence-corrected chi connectivity index (χ3v) is 4.38. The van der Waals surface area contributed by atoms with Gasteiger partial charge < -0.3 is 15.0 Å². The monoisotopic (exact) mass is 367 g/mol. The van der Waals surface area contributed by atoms with Gasteiger partial charge in [0.15, 0.2) is 5.16 Å². The van der Waals surface area contributed by atoms with E-state index in [4.69, 9.17) is 4.74 Å². The minimum atomic E-state index is -0.267. The van der Waals surface area contributed by atoms with Crippen LogP contribution >= 0.6 is 11.8 Å². The first kappa shape index (κ1) is 17.8. The van der Waals surface area contributed by atoms with Crippen LogP contribution in [0, 0.1) is 0 Å². The first-order chi connectivity index (χ1) is 12.6. The molecule has 3 rings (SSSR count). The Hall–Kier alpha value is -3.06. The van der Waals surface area contributed by atoms with Crippen LogP contribution in [0.2, 0.25) is 0 Å². The van der Waals surface area contributed by atoms with Gasteiger partial charge >= 0.3 is 0 Å². The van der Waals surface area contributed by atoms with Crippen molar-refractivity contribution in [2.45, 2.75) is 5.16 Å². The van der Waals surface area contributed by atoms with Gasteiger partial charge in [0.05, 0.1) is 18.6 Å². The molecular weight excluding hydrogens is 350 g/mol. The third kappa shape index (κ3) is 4.73. The predicted molar refractivity (Wildman–Crippen MR) is 103 cm³/mol. The summed E-state index contributed by atoms with van der Waals surface area (Å²) in [6, 6.07) is 17.9. The zero-order valence-corrected chi connectivity index (χ0v) is 14.9. The molecule has 7 heteroatoms. The highest BCUT2D eigenvalue weighted by molar-refractivity contribution is 7.99. The number of anilines is 1. The second-order valence-electron chi connectivity index (χ2n) is 5.37. The lowest BCUT2D eigenvalue weighted by atomic mass is 10.1. The number of nitrogens with one attached hydrogen (secondary N) is 2. The molecule has 0 saturated carbocycles. The molecule has 1 heterocycles. The van der Waals surface area contributed by atoms with Gasteiger partial charge in [-0.05, 0) is 36.4 Å². The van der Waals surface area contributed by atoms with E-state index in [-0.39, 0.29) is 17.2 Å². The molecule has 26 heavy (non-hydrogen) atoms. The van der Waals surface area contributed by atoms with Crippen LogP contribution in [0.5, 0.6) is 5.75 Å². The van der Waals surface area contributed by atoms with Crippen molar-refractivity contribution >= 4 is 23.4 Å². The number of methoxy groups -OCH3 is 1. The normalized spacial score (nSPS) is 10.3. The van der Waals surface area contributed by atoms with Gasteiger partial charge in [0, 0.05) is 17.3 Å². The van der Waals surface area contributed by atoms with Crippen LogP contribution in [0.4, 0.5) is 5.69 Å². The van der Waals surface area contributed by atoms with Crippen molar-refractivity contribution in [2.75, 3.05) is 18.2 Å². The van der Waals surface area contributed by atoms with Gasteiger partial charge in [0.25, 0.3) is 5.56 Å². The van der Waals surface area contributed by atoms with Crippen molar-refractivity contribution in [1.29, 1.82) is 0 Å². The van der Waals surface area contributed by atoms with E-state index in [2.05, 4.69) is 15.3 Å². The molecule has 2 aromatic carbocycles. The molecule has 0 aliphatic rings. The van der Waals surface area contributed by atoms with Gasteiger partial charge in [0.1, 0.15) is 5.75 Å². The summed E-state index contributed by atoms with van der Waals surface area (Å²) in [5.41, 5.74) is 1.80. The molecule has 6 nitrogen and oxygen atoms in total. The molecule has 1 aromatic heterocycles. The maximum Gasteiger partial charge on any atom is 0.252 e. The fourth-order valence-corrected chi connectivity index (χ4v) is 2.94. The minimum Gasteiger partial charge on any atom is -0.497 e. The summed E-state index contributed by atoms with van der Waals surface area (Å²) in [5.74, 6) is 0.702. The number of H-pyrrole nitrogens is 1. The highest BCUT2D eigenvalue weighted by atomic mass is 32.2. The average Bonchev–Trinajstić information content (AvgIpc) is 2.67. The zero-order chi connectivity index (χ0) is 18.4. The zero-order valence-electron chi connectivity index (χ0n) is 14.1. The van der Waals surface area contributed by atoms with Gasteiger partial charge in [0.2, 0.25) is 5.91 Å². The van der Waals surface area contributed by atoms with E-state index < -0.39 is 0 Å². The molecule has 0 atom stereocenters. The molecule has 3 aromatic rings. The quantitative estimate of drug-likeness (QED) is 0.516. The summed E-state index contributed by atoms with van der Waals surface area (Å²) in [6.07, 6.45) is 0. The maximum absolute atomic E-state index is 12.0. The van der Waals surface area contributed by atoms with E-state index in [0.29, 0.717) is 10.9 Å². The molecule has 1 amide bonds. The average molecular weight is 367 g/mol. The van der Waals surface area contributed by atoms with E-state index in [1.807, 2.05) is 42.5 Å².